The van der Waals surface area contributed by atoms with Gasteiger partial charge in [-0.3, -0.25) is 4.79 Å². The van der Waals surface area contributed by atoms with Crippen molar-refractivity contribution < 1.29 is 27.6 Å². The number of aliphatic hydroxyl groups is 1. The molecule has 5 rings (SSSR count). The smallest absolute Gasteiger partial charge is 0.397 e. The summed E-state index contributed by atoms with van der Waals surface area (Å²) in [5, 5.41) is 13.4. The fourth-order valence-corrected chi connectivity index (χ4v) is 6.29. The van der Waals surface area contributed by atoms with E-state index in [1.807, 2.05) is 37.3 Å². The number of rotatable bonds is 9. The Morgan fingerprint density at radius 2 is 1.75 bits per heavy atom. The number of hydrogen-bond donors (Lipinski definition) is 3. The molecule has 0 spiro atoms. The van der Waals surface area contributed by atoms with Gasteiger partial charge < -0.3 is 25.2 Å². The number of halogens is 3. The molecular weight excluding hydrogens is 590 g/mol. The van der Waals surface area contributed by atoms with Crippen LogP contribution in [0.25, 0.3) is 0 Å². The van der Waals surface area contributed by atoms with Crippen molar-refractivity contribution >= 4 is 37.9 Å². The molecule has 1 saturated carbocycles. The summed E-state index contributed by atoms with van der Waals surface area (Å²) in [5.41, 5.74) is 3.49. The standard InChI is InChI=1S/C30H35F3N5O2P.C2H6O/c1-4-40-41-17-19-7-11-21(12-8-19)35-29-34-15-24(30(31,32)33)27(37-29)36-25-14-13-22(20-9-5-18(2)6-10-20)23-16-38(3)28(39)26(23)25;1-2-3/h7-8,11-15,18,20,41H,4-6,9-10,16-17H2,1-3H3,(H2,34,35,36,37);3H,2H2,1H3. The molecule has 3 N–H and O–H groups in total. The summed E-state index contributed by atoms with van der Waals surface area (Å²) in [7, 11) is 2.09. The first-order valence-corrected chi connectivity index (χ1v) is 16.1. The van der Waals surface area contributed by atoms with Crippen molar-refractivity contribution in [2.24, 2.45) is 5.92 Å². The van der Waals surface area contributed by atoms with Crippen LogP contribution in [0.1, 0.15) is 85.0 Å². The van der Waals surface area contributed by atoms with E-state index < -0.39 is 17.6 Å². The van der Waals surface area contributed by atoms with E-state index in [1.165, 1.54) is 0 Å². The van der Waals surface area contributed by atoms with Gasteiger partial charge in [-0.2, -0.15) is 18.2 Å². The lowest BCUT2D eigenvalue weighted by atomic mass is 9.77. The zero-order valence-electron chi connectivity index (χ0n) is 25.6. The first-order valence-electron chi connectivity index (χ1n) is 15.0. The summed E-state index contributed by atoms with van der Waals surface area (Å²) in [6, 6.07) is 11.2. The van der Waals surface area contributed by atoms with Crippen LogP contribution in [0.3, 0.4) is 0 Å². The fraction of sp³-hybridized carbons (Fsp3) is 0.469. The van der Waals surface area contributed by atoms with Gasteiger partial charge in [0.1, 0.15) is 11.4 Å². The minimum Gasteiger partial charge on any atom is -0.397 e. The van der Waals surface area contributed by atoms with Gasteiger partial charge in [0.25, 0.3) is 5.91 Å². The minimum atomic E-state index is -4.69. The lowest BCUT2D eigenvalue weighted by Gasteiger charge is -2.28. The van der Waals surface area contributed by atoms with Crippen LogP contribution in [0.4, 0.5) is 36.3 Å². The SMILES string of the molecule is CCO.CCOPCc1ccc(Nc2ncc(C(F)(F)F)c(Nc3ccc(C4CCC(C)CC4)c4c3C(=O)N(C)C4)n2)cc1. The van der Waals surface area contributed by atoms with Gasteiger partial charge in [0, 0.05) is 53.7 Å². The number of aliphatic hydroxyl groups excluding tert-OH is 1. The monoisotopic (exact) mass is 631 g/mol. The number of aromatic nitrogens is 2. The number of benzene rings is 2. The summed E-state index contributed by atoms with van der Waals surface area (Å²) in [4.78, 5) is 23.0. The van der Waals surface area contributed by atoms with Crippen molar-refractivity contribution in [2.75, 3.05) is 30.9 Å². The lowest BCUT2D eigenvalue weighted by Crippen LogP contribution is -2.18. The van der Waals surface area contributed by atoms with Crippen LogP contribution in [0, 0.1) is 5.92 Å². The van der Waals surface area contributed by atoms with E-state index in [1.54, 1.807) is 24.9 Å². The molecule has 44 heavy (non-hydrogen) atoms. The fourth-order valence-electron chi connectivity index (χ4n) is 5.58. The van der Waals surface area contributed by atoms with E-state index in [0.717, 1.165) is 54.7 Å². The van der Waals surface area contributed by atoms with Gasteiger partial charge in [-0.1, -0.05) is 38.0 Å². The summed E-state index contributed by atoms with van der Waals surface area (Å²) < 4.78 is 47.4. The molecule has 2 aromatic carbocycles. The Morgan fingerprint density at radius 3 is 2.39 bits per heavy atom. The molecule has 8 nitrogen and oxygen atoms in total. The molecule has 1 aliphatic carbocycles. The molecule has 1 fully saturated rings. The molecular formula is C32H41F3N5O3P. The van der Waals surface area contributed by atoms with Crippen LogP contribution in [0.2, 0.25) is 0 Å². The Hall–Kier alpha value is -3.27. The van der Waals surface area contributed by atoms with E-state index in [2.05, 4.69) is 27.5 Å². The summed E-state index contributed by atoms with van der Waals surface area (Å²) >= 11 is 0. The van der Waals surface area contributed by atoms with Crippen molar-refractivity contribution in [3.8, 4) is 0 Å². The maximum Gasteiger partial charge on any atom is 0.421 e. The summed E-state index contributed by atoms with van der Waals surface area (Å²) in [5.74, 6) is 0.426. The second-order valence-electron chi connectivity index (χ2n) is 11.1. The van der Waals surface area contributed by atoms with Crippen LogP contribution in [-0.2, 0) is 23.4 Å². The highest BCUT2D eigenvalue weighted by Crippen LogP contribution is 2.43. The Labute approximate surface area is 258 Å². The number of anilines is 4. The first kappa shape index (κ1) is 33.6. The highest BCUT2D eigenvalue weighted by atomic mass is 31.1. The molecule has 1 amide bonds. The van der Waals surface area contributed by atoms with Crippen molar-refractivity contribution in [1.82, 2.24) is 14.9 Å². The van der Waals surface area contributed by atoms with E-state index >= 15 is 0 Å². The second-order valence-corrected chi connectivity index (χ2v) is 12.1. The van der Waals surface area contributed by atoms with Crippen LogP contribution < -0.4 is 10.6 Å². The van der Waals surface area contributed by atoms with Gasteiger partial charge in [0.05, 0.1) is 11.3 Å². The number of carbonyl (C=O) groups excluding carboxylic acids is 1. The number of alkyl halides is 3. The highest BCUT2D eigenvalue weighted by Gasteiger charge is 2.37. The maximum atomic E-state index is 14.0. The molecule has 1 unspecified atom stereocenters. The number of nitrogens with zero attached hydrogens (tertiary/aromatic N) is 3. The predicted molar refractivity (Wildman–Crippen MR) is 169 cm³/mol. The Kier molecular flexibility index (Phi) is 11.6. The van der Waals surface area contributed by atoms with E-state index in [4.69, 9.17) is 9.63 Å². The molecule has 2 heterocycles. The maximum absolute atomic E-state index is 14.0. The Bertz CT molecular complexity index is 1410. The molecule has 0 saturated heterocycles. The van der Waals surface area contributed by atoms with Gasteiger partial charge in [0.2, 0.25) is 5.95 Å². The normalized spacial score (nSPS) is 18.3. The number of amides is 1. The number of carbonyl (C=O) groups is 1. The molecule has 3 aromatic rings. The molecule has 0 bridgehead atoms. The van der Waals surface area contributed by atoms with Gasteiger partial charge in [-0.25, -0.2) is 4.98 Å². The third-order valence-corrected chi connectivity index (χ3v) is 8.89. The summed E-state index contributed by atoms with van der Waals surface area (Å²) in [6.07, 6.45) is 1.22. The predicted octanol–water partition coefficient (Wildman–Crippen LogP) is 7.99. The molecule has 1 atom stereocenters. The molecule has 2 aliphatic rings. The van der Waals surface area contributed by atoms with Crippen LogP contribution in [0.5, 0.6) is 0 Å². The summed E-state index contributed by atoms with van der Waals surface area (Å²) in [6.45, 7) is 7.24. The largest absolute Gasteiger partial charge is 0.421 e. The van der Waals surface area contributed by atoms with Crippen molar-refractivity contribution in [2.45, 2.75) is 71.3 Å². The second kappa shape index (κ2) is 15.1. The lowest BCUT2D eigenvalue weighted by molar-refractivity contribution is -0.137. The average molecular weight is 632 g/mol. The molecule has 238 valence electrons. The van der Waals surface area contributed by atoms with Crippen molar-refractivity contribution in [3.63, 3.8) is 0 Å². The number of hydrogen-bond acceptors (Lipinski definition) is 7. The zero-order valence-corrected chi connectivity index (χ0v) is 26.6. The minimum absolute atomic E-state index is 0.0116. The Balaban J connectivity index is 0.00000141. The van der Waals surface area contributed by atoms with Crippen LogP contribution >= 0.6 is 8.81 Å². The van der Waals surface area contributed by atoms with Gasteiger partial charge >= 0.3 is 6.18 Å². The molecule has 1 aromatic heterocycles. The van der Waals surface area contributed by atoms with Crippen LogP contribution in [0.15, 0.2) is 42.6 Å². The van der Waals surface area contributed by atoms with E-state index in [-0.39, 0.29) is 18.5 Å². The third kappa shape index (κ3) is 8.25. The Morgan fingerprint density at radius 1 is 1.07 bits per heavy atom. The number of nitrogens with one attached hydrogen (secondary N) is 2. The van der Waals surface area contributed by atoms with Gasteiger partial charge in [0.15, 0.2) is 0 Å². The third-order valence-electron chi connectivity index (χ3n) is 7.84. The van der Waals surface area contributed by atoms with Crippen molar-refractivity contribution in [1.29, 1.82) is 0 Å². The quantitative estimate of drug-likeness (QED) is 0.163. The van der Waals surface area contributed by atoms with Gasteiger partial charge in [-0.05, 0) is 73.4 Å². The van der Waals surface area contributed by atoms with Gasteiger partial charge in [-0.15, -0.1) is 0 Å². The zero-order chi connectivity index (χ0) is 31.9. The van der Waals surface area contributed by atoms with Crippen LogP contribution in [-0.4, -0.2) is 46.1 Å². The molecule has 12 heteroatoms. The average Bonchev–Trinajstić information content (AvgIpc) is 3.29. The number of fused-ring (bicyclic) bond motifs is 1. The van der Waals surface area contributed by atoms with E-state index in [0.29, 0.717) is 50.7 Å². The van der Waals surface area contributed by atoms with E-state index in [9.17, 15) is 18.0 Å². The highest BCUT2D eigenvalue weighted by molar-refractivity contribution is 7.31. The van der Waals surface area contributed by atoms with Crippen molar-refractivity contribution in [3.05, 3.63) is 70.4 Å². The molecule has 0 radical (unpaired) electrons. The molecule has 1 aliphatic heterocycles. The first-order chi connectivity index (χ1) is 21.0. The topological polar surface area (TPSA) is 99.6 Å².